The Morgan fingerprint density at radius 2 is 2.06 bits per heavy atom. The fourth-order valence-electron chi connectivity index (χ4n) is 1.40. The van der Waals surface area contributed by atoms with Crippen LogP contribution in [-0.4, -0.2) is 32.1 Å². The van der Waals surface area contributed by atoms with E-state index in [-0.39, 0.29) is 5.82 Å². The molecule has 0 aliphatic heterocycles. The van der Waals surface area contributed by atoms with E-state index in [4.69, 9.17) is 10.2 Å². The van der Waals surface area contributed by atoms with E-state index in [0.717, 1.165) is 6.08 Å². The molecule has 1 aromatic heterocycles. The molecule has 0 spiro atoms. The SMILES string of the molecule is O=C(O)/C=C/c1ccc2nc(C(=O)O)[nH]c2c1. The average Bonchev–Trinajstić information content (AvgIpc) is 2.69. The number of fused-ring (bicyclic) bond motifs is 1. The van der Waals surface area contributed by atoms with Crippen molar-refractivity contribution < 1.29 is 19.8 Å². The number of carbonyl (C=O) groups is 2. The molecule has 0 bridgehead atoms. The first-order chi connectivity index (χ1) is 8.06. The Bertz CT molecular complexity index is 627. The van der Waals surface area contributed by atoms with Gasteiger partial charge in [-0.3, -0.25) is 0 Å². The molecule has 2 rings (SSSR count). The molecular formula is C11H8N2O4. The fourth-order valence-corrected chi connectivity index (χ4v) is 1.40. The minimum absolute atomic E-state index is 0.139. The number of nitrogens with one attached hydrogen (secondary N) is 1. The minimum atomic E-state index is -1.14. The molecule has 0 saturated carbocycles. The van der Waals surface area contributed by atoms with Crippen molar-refractivity contribution in [2.75, 3.05) is 0 Å². The van der Waals surface area contributed by atoms with Crippen LogP contribution in [0.3, 0.4) is 0 Å². The van der Waals surface area contributed by atoms with Gasteiger partial charge < -0.3 is 15.2 Å². The molecule has 0 aliphatic rings. The standard InChI is InChI=1S/C11H8N2O4/c14-9(15)4-2-6-1-3-7-8(5-6)13-10(12-7)11(16)17/h1-5H,(H,12,13)(H,14,15)(H,16,17)/b4-2+. The number of aromatic amines is 1. The lowest BCUT2D eigenvalue weighted by Crippen LogP contribution is -1.97. The Balaban J connectivity index is 2.43. The van der Waals surface area contributed by atoms with Crippen molar-refractivity contribution in [2.24, 2.45) is 0 Å². The number of hydrogen-bond acceptors (Lipinski definition) is 3. The number of hydrogen-bond donors (Lipinski definition) is 3. The lowest BCUT2D eigenvalue weighted by Gasteiger charge is -1.92. The summed E-state index contributed by atoms with van der Waals surface area (Å²) in [6.07, 6.45) is 2.43. The van der Waals surface area contributed by atoms with Crippen LogP contribution in [0.1, 0.15) is 16.2 Å². The summed E-state index contributed by atoms with van der Waals surface area (Å²) >= 11 is 0. The quantitative estimate of drug-likeness (QED) is 0.693. The predicted octanol–water partition coefficient (Wildman–Crippen LogP) is 1.36. The molecule has 1 heterocycles. The third kappa shape index (κ3) is 2.31. The number of aromatic nitrogens is 2. The number of benzene rings is 1. The lowest BCUT2D eigenvalue weighted by molar-refractivity contribution is -0.131. The van der Waals surface area contributed by atoms with Gasteiger partial charge in [-0.1, -0.05) is 6.07 Å². The summed E-state index contributed by atoms with van der Waals surface area (Å²) in [5.41, 5.74) is 1.73. The minimum Gasteiger partial charge on any atom is -0.478 e. The normalized spacial score (nSPS) is 11.1. The maximum Gasteiger partial charge on any atom is 0.371 e. The first-order valence-corrected chi connectivity index (χ1v) is 4.70. The van der Waals surface area contributed by atoms with Crippen LogP contribution < -0.4 is 0 Å². The van der Waals surface area contributed by atoms with Crippen molar-refractivity contribution in [3.63, 3.8) is 0 Å². The van der Waals surface area contributed by atoms with Gasteiger partial charge in [0.2, 0.25) is 5.82 Å². The van der Waals surface area contributed by atoms with E-state index < -0.39 is 11.9 Å². The summed E-state index contributed by atoms with van der Waals surface area (Å²) in [6, 6.07) is 4.92. The van der Waals surface area contributed by atoms with Gasteiger partial charge in [-0.25, -0.2) is 14.6 Å². The summed E-state index contributed by atoms with van der Waals surface area (Å²) in [6.45, 7) is 0. The number of rotatable bonds is 3. The van der Waals surface area contributed by atoms with Crippen molar-refractivity contribution in [3.8, 4) is 0 Å². The highest BCUT2D eigenvalue weighted by atomic mass is 16.4. The van der Waals surface area contributed by atoms with Crippen LogP contribution >= 0.6 is 0 Å². The first kappa shape index (κ1) is 10.9. The highest BCUT2D eigenvalue weighted by molar-refractivity contribution is 5.90. The number of carboxylic acid groups (broad SMARTS) is 2. The van der Waals surface area contributed by atoms with E-state index in [1.807, 2.05) is 0 Å². The van der Waals surface area contributed by atoms with Crippen molar-refractivity contribution >= 4 is 29.0 Å². The number of imidazole rings is 1. The third-order valence-electron chi connectivity index (χ3n) is 2.13. The number of aromatic carboxylic acids is 1. The van der Waals surface area contributed by atoms with Crippen LogP contribution in [0, 0.1) is 0 Å². The second-order valence-electron chi connectivity index (χ2n) is 3.34. The largest absolute Gasteiger partial charge is 0.478 e. The number of H-pyrrole nitrogens is 1. The molecule has 0 unspecified atom stereocenters. The van der Waals surface area contributed by atoms with Gasteiger partial charge in [-0.15, -0.1) is 0 Å². The topological polar surface area (TPSA) is 103 Å². The molecule has 86 valence electrons. The van der Waals surface area contributed by atoms with Crippen LogP contribution in [-0.2, 0) is 4.79 Å². The molecule has 1 aromatic carbocycles. The van der Waals surface area contributed by atoms with Crippen LogP contribution in [0.15, 0.2) is 24.3 Å². The van der Waals surface area contributed by atoms with Gasteiger partial charge in [0.25, 0.3) is 0 Å². The van der Waals surface area contributed by atoms with E-state index in [1.165, 1.54) is 6.08 Å². The van der Waals surface area contributed by atoms with Crippen LogP contribution in [0.5, 0.6) is 0 Å². The van der Waals surface area contributed by atoms with Crippen LogP contribution in [0.25, 0.3) is 17.1 Å². The highest BCUT2D eigenvalue weighted by Gasteiger charge is 2.08. The summed E-state index contributed by atoms with van der Waals surface area (Å²) in [5.74, 6) is -2.32. The molecule has 6 nitrogen and oxygen atoms in total. The number of aliphatic carboxylic acids is 1. The molecule has 0 fully saturated rings. The Morgan fingerprint density at radius 1 is 1.29 bits per heavy atom. The first-order valence-electron chi connectivity index (χ1n) is 4.70. The Hall–Kier alpha value is -2.63. The molecule has 0 aliphatic carbocycles. The molecular weight excluding hydrogens is 224 g/mol. The van der Waals surface area contributed by atoms with Crippen LogP contribution in [0.2, 0.25) is 0 Å². The van der Waals surface area contributed by atoms with Crippen molar-refractivity contribution in [3.05, 3.63) is 35.7 Å². The summed E-state index contributed by atoms with van der Waals surface area (Å²) in [5, 5.41) is 17.2. The molecule has 3 N–H and O–H groups in total. The Kier molecular flexibility index (Phi) is 2.61. The van der Waals surface area contributed by atoms with Gasteiger partial charge in [0.05, 0.1) is 11.0 Å². The third-order valence-corrected chi connectivity index (χ3v) is 2.13. The van der Waals surface area contributed by atoms with Gasteiger partial charge in [0.1, 0.15) is 0 Å². The second-order valence-corrected chi connectivity index (χ2v) is 3.34. The molecule has 0 atom stereocenters. The van der Waals surface area contributed by atoms with E-state index >= 15 is 0 Å². The zero-order chi connectivity index (χ0) is 12.4. The number of nitrogens with zero attached hydrogens (tertiary/aromatic N) is 1. The zero-order valence-electron chi connectivity index (χ0n) is 8.54. The summed E-state index contributed by atoms with van der Waals surface area (Å²) < 4.78 is 0. The molecule has 0 amide bonds. The summed E-state index contributed by atoms with van der Waals surface area (Å²) in [7, 11) is 0. The molecule has 2 aromatic rings. The van der Waals surface area contributed by atoms with Crippen molar-refractivity contribution in [1.29, 1.82) is 0 Å². The van der Waals surface area contributed by atoms with Crippen molar-refractivity contribution in [2.45, 2.75) is 0 Å². The van der Waals surface area contributed by atoms with E-state index in [2.05, 4.69) is 9.97 Å². The number of carboxylic acids is 2. The van der Waals surface area contributed by atoms with Crippen molar-refractivity contribution in [1.82, 2.24) is 9.97 Å². The van der Waals surface area contributed by atoms with Crippen LogP contribution in [0.4, 0.5) is 0 Å². The van der Waals surface area contributed by atoms with Gasteiger partial charge in [0, 0.05) is 6.08 Å². The van der Waals surface area contributed by atoms with Gasteiger partial charge in [-0.05, 0) is 23.8 Å². The average molecular weight is 232 g/mol. The van der Waals surface area contributed by atoms with Gasteiger partial charge in [0.15, 0.2) is 0 Å². The summed E-state index contributed by atoms with van der Waals surface area (Å²) in [4.78, 5) is 27.5. The second kappa shape index (κ2) is 4.09. The lowest BCUT2D eigenvalue weighted by atomic mass is 10.2. The van der Waals surface area contributed by atoms with E-state index in [0.29, 0.717) is 16.6 Å². The molecule has 17 heavy (non-hydrogen) atoms. The van der Waals surface area contributed by atoms with Gasteiger partial charge in [-0.2, -0.15) is 0 Å². The van der Waals surface area contributed by atoms with E-state index in [1.54, 1.807) is 18.2 Å². The Labute approximate surface area is 95.2 Å². The van der Waals surface area contributed by atoms with E-state index in [9.17, 15) is 9.59 Å². The Morgan fingerprint density at radius 3 is 2.71 bits per heavy atom. The smallest absolute Gasteiger partial charge is 0.371 e. The molecule has 0 radical (unpaired) electrons. The maximum absolute atomic E-state index is 10.7. The highest BCUT2D eigenvalue weighted by Crippen LogP contribution is 2.14. The zero-order valence-corrected chi connectivity index (χ0v) is 8.54. The van der Waals surface area contributed by atoms with Gasteiger partial charge >= 0.3 is 11.9 Å². The fraction of sp³-hybridized carbons (Fsp3) is 0. The molecule has 6 heteroatoms. The monoisotopic (exact) mass is 232 g/mol. The predicted molar refractivity (Wildman–Crippen MR) is 59.7 cm³/mol. The maximum atomic E-state index is 10.7. The molecule has 0 saturated heterocycles.